The van der Waals surface area contributed by atoms with Crippen LogP contribution in [0.15, 0.2) is 36.4 Å². The quantitative estimate of drug-likeness (QED) is 0.685. The van der Waals surface area contributed by atoms with Gasteiger partial charge in [-0.1, -0.05) is 29.5 Å². The smallest absolute Gasteiger partial charge is 0.256 e. The maximum absolute atomic E-state index is 13.9. The van der Waals surface area contributed by atoms with Crippen LogP contribution in [0.25, 0.3) is 10.2 Å². The molecular weight excluding hydrogens is 349 g/mol. The van der Waals surface area contributed by atoms with E-state index >= 15 is 0 Å². The largest absolute Gasteiger partial charge is 0.345 e. The standard InChI is InChI=1S/C20H20FN3OS/c1-13-11-14(2)18-17(12-13)26-20(22-18)24-9-7-23(8-10-24)19(25)15-5-3-4-6-16(15)21/h3-6,11-12H,7-10H2,1-2H3. The number of rotatable bonds is 2. The van der Waals surface area contributed by atoms with E-state index in [1.165, 1.54) is 21.9 Å². The van der Waals surface area contributed by atoms with Gasteiger partial charge in [0.1, 0.15) is 5.82 Å². The molecule has 0 N–H and O–H groups in total. The first-order valence-electron chi connectivity index (χ1n) is 8.69. The number of piperazine rings is 1. The Kier molecular flexibility index (Phi) is 4.36. The summed E-state index contributed by atoms with van der Waals surface area (Å²) in [5, 5.41) is 0.992. The summed E-state index contributed by atoms with van der Waals surface area (Å²) in [5.41, 5.74) is 3.63. The van der Waals surface area contributed by atoms with Gasteiger partial charge in [0, 0.05) is 26.2 Å². The Hall–Kier alpha value is -2.47. The van der Waals surface area contributed by atoms with Crippen molar-refractivity contribution in [2.45, 2.75) is 13.8 Å². The van der Waals surface area contributed by atoms with Gasteiger partial charge in [0.05, 0.1) is 15.8 Å². The molecule has 4 rings (SSSR count). The normalized spacial score (nSPS) is 14.9. The highest BCUT2D eigenvalue weighted by Crippen LogP contribution is 2.32. The van der Waals surface area contributed by atoms with Gasteiger partial charge in [0.2, 0.25) is 0 Å². The van der Waals surface area contributed by atoms with Crippen LogP contribution in [0.2, 0.25) is 0 Å². The molecule has 1 fully saturated rings. The monoisotopic (exact) mass is 369 g/mol. The highest BCUT2D eigenvalue weighted by molar-refractivity contribution is 7.22. The first kappa shape index (κ1) is 17.0. The Morgan fingerprint density at radius 1 is 1.12 bits per heavy atom. The number of hydrogen-bond donors (Lipinski definition) is 0. The number of aryl methyl sites for hydroxylation is 2. The zero-order valence-electron chi connectivity index (χ0n) is 14.8. The Morgan fingerprint density at radius 2 is 1.85 bits per heavy atom. The fourth-order valence-electron chi connectivity index (χ4n) is 3.40. The molecule has 1 aliphatic rings. The molecule has 0 saturated carbocycles. The van der Waals surface area contributed by atoms with Crippen molar-refractivity contribution >= 4 is 32.6 Å². The summed E-state index contributed by atoms with van der Waals surface area (Å²) in [6.45, 7) is 6.74. The molecule has 1 aromatic heterocycles. The van der Waals surface area contributed by atoms with E-state index in [4.69, 9.17) is 4.98 Å². The van der Waals surface area contributed by atoms with Crippen molar-refractivity contribution in [2.24, 2.45) is 0 Å². The van der Waals surface area contributed by atoms with Gasteiger partial charge >= 0.3 is 0 Å². The van der Waals surface area contributed by atoms with Crippen LogP contribution >= 0.6 is 11.3 Å². The second kappa shape index (κ2) is 6.68. The first-order valence-corrected chi connectivity index (χ1v) is 9.51. The van der Waals surface area contributed by atoms with Gasteiger partial charge in [-0.15, -0.1) is 0 Å². The van der Waals surface area contributed by atoms with Gasteiger partial charge in [-0.2, -0.15) is 0 Å². The lowest BCUT2D eigenvalue weighted by Gasteiger charge is -2.34. The van der Waals surface area contributed by atoms with Crippen LogP contribution in [-0.4, -0.2) is 42.0 Å². The number of halogens is 1. The zero-order chi connectivity index (χ0) is 18.3. The van der Waals surface area contributed by atoms with Crippen molar-refractivity contribution in [3.05, 3.63) is 58.9 Å². The predicted octanol–water partition coefficient (Wildman–Crippen LogP) is 4.01. The molecule has 134 valence electrons. The Bertz CT molecular complexity index is 976. The van der Waals surface area contributed by atoms with Gasteiger partial charge < -0.3 is 9.80 Å². The van der Waals surface area contributed by atoms with Gasteiger partial charge in [0.25, 0.3) is 5.91 Å². The van der Waals surface area contributed by atoms with Crippen molar-refractivity contribution in [1.29, 1.82) is 0 Å². The Balaban J connectivity index is 1.49. The number of nitrogens with zero attached hydrogens (tertiary/aromatic N) is 3. The average Bonchev–Trinajstić information content (AvgIpc) is 3.06. The van der Waals surface area contributed by atoms with Crippen LogP contribution < -0.4 is 4.90 Å². The summed E-state index contributed by atoms with van der Waals surface area (Å²) >= 11 is 1.69. The van der Waals surface area contributed by atoms with E-state index in [1.807, 2.05) is 0 Å². The molecule has 0 aliphatic carbocycles. The maximum Gasteiger partial charge on any atom is 0.256 e. The molecule has 3 aromatic rings. The summed E-state index contributed by atoms with van der Waals surface area (Å²) in [7, 11) is 0. The maximum atomic E-state index is 13.9. The topological polar surface area (TPSA) is 36.4 Å². The lowest BCUT2D eigenvalue weighted by atomic mass is 10.1. The van der Waals surface area contributed by atoms with Crippen molar-refractivity contribution in [1.82, 2.24) is 9.88 Å². The summed E-state index contributed by atoms with van der Waals surface area (Å²) in [4.78, 5) is 21.3. The molecule has 1 aliphatic heterocycles. The summed E-state index contributed by atoms with van der Waals surface area (Å²) < 4.78 is 15.1. The van der Waals surface area contributed by atoms with Crippen LogP contribution in [0.3, 0.4) is 0 Å². The van der Waals surface area contributed by atoms with Crippen molar-refractivity contribution in [2.75, 3.05) is 31.1 Å². The van der Waals surface area contributed by atoms with E-state index in [-0.39, 0.29) is 11.5 Å². The third-order valence-electron chi connectivity index (χ3n) is 4.76. The molecule has 4 nitrogen and oxygen atoms in total. The third kappa shape index (κ3) is 3.05. The Labute approximate surface area is 155 Å². The van der Waals surface area contributed by atoms with Gasteiger partial charge in [-0.25, -0.2) is 9.37 Å². The molecule has 2 aromatic carbocycles. The number of amides is 1. The first-order chi connectivity index (χ1) is 12.5. The predicted molar refractivity (Wildman–Crippen MR) is 104 cm³/mol. The van der Waals surface area contributed by atoms with E-state index in [0.717, 1.165) is 10.6 Å². The SMILES string of the molecule is Cc1cc(C)c2nc(N3CCN(C(=O)c4ccccc4F)CC3)sc2c1. The van der Waals surface area contributed by atoms with Crippen molar-refractivity contribution < 1.29 is 9.18 Å². The number of carbonyl (C=O) groups excluding carboxylic acids is 1. The summed E-state index contributed by atoms with van der Waals surface area (Å²) in [6, 6.07) is 10.5. The van der Waals surface area contributed by atoms with E-state index < -0.39 is 5.82 Å². The average molecular weight is 369 g/mol. The molecule has 0 bridgehead atoms. The molecule has 1 saturated heterocycles. The molecule has 0 unspecified atom stereocenters. The fourth-order valence-corrected chi connectivity index (χ4v) is 4.59. The molecule has 0 atom stereocenters. The minimum absolute atomic E-state index is 0.145. The van der Waals surface area contributed by atoms with Gasteiger partial charge in [0.15, 0.2) is 5.13 Å². The summed E-state index contributed by atoms with van der Waals surface area (Å²) in [5.74, 6) is -0.699. The van der Waals surface area contributed by atoms with E-state index in [9.17, 15) is 9.18 Å². The molecule has 1 amide bonds. The second-order valence-electron chi connectivity index (χ2n) is 6.68. The van der Waals surface area contributed by atoms with Crippen LogP contribution in [0.4, 0.5) is 9.52 Å². The summed E-state index contributed by atoms with van der Waals surface area (Å²) in [6.07, 6.45) is 0. The van der Waals surface area contributed by atoms with E-state index in [1.54, 1.807) is 34.4 Å². The lowest BCUT2D eigenvalue weighted by Crippen LogP contribution is -2.49. The number of anilines is 1. The van der Waals surface area contributed by atoms with Crippen LogP contribution in [0.5, 0.6) is 0 Å². The molecule has 0 spiro atoms. The number of benzene rings is 2. The highest BCUT2D eigenvalue weighted by atomic mass is 32.1. The van der Waals surface area contributed by atoms with Crippen molar-refractivity contribution in [3.63, 3.8) is 0 Å². The molecule has 26 heavy (non-hydrogen) atoms. The Morgan fingerprint density at radius 3 is 2.58 bits per heavy atom. The third-order valence-corrected chi connectivity index (χ3v) is 5.82. The number of thiazole rings is 1. The second-order valence-corrected chi connectivity index (χ2v) is 7.69. The van der Waals surface area contributed by atoms with E-state index in [0.29, 0.717) is 26.2 Å². The molecule has 2 heterocycles. The lowest BCUT2D eigenvalue weighted by molar-refractivity contribution is 0.0742. The van der Waals surface area contributed by atoms with Crippen LogP contribution in [0.1, 0.15) is 21.5 Å². The number of hydrogen-bond acceptors (Lipinski definition) is 4. The van der Waals surface area contributed by atoms with E-state index in [2.05, 4.69) is 30.9 Å². The molecular formula is C20H20FN3OS. The number of fused-ring (bicyclic) bond motifs is 1. The fraction of sp³-hybridized carbons (Fsp3) is 0.300. The minimum Gasteiger partial charge on any atom is -0.345 e. The number of carbonyl (C=O) groups is 1. The van der Waals surface area contributed by atoms with Gasteiger partial charge in [-0.05, 0) is 43.2 Å². The zero-order valence-corrected chi connectivity index (χ0v) is 15.6. The van der Waals surface area contributed by atoms with Crippen LogP contribution in [-0.2, 0) is 0 Å². The van der Waals surface area contributed by atoms with Crippen molar-refractivity contribution in [3.8, 4) is 0 Å². The van der Waals surface area contributed by atoms with Gasteiger partial charge in [-0.3, -0.25) is 4.79 Å². The minimum atomic E-state index is -0.461. The number of aromatic nitrogens is 1. The van der Waals surface area contributed by atoms with Crippen LogP contribution in [0, 0.1) is 19.7 Å². The molecule has 6 heteroatoms. The molecule has 0 radical (unpaired) electrons. The highest BCUT2D eigenvalue weighted by Gasteiger charge is 2.25.